The standard InChI is InChI=1S/C31H36FNO4/c1-16-15-21(9-11-23(16)32)25-17(2)18(3)27(29(30(34)35)37-31(6,7)8)26(20(25)5)22-10-12-24-28(19(22)4)33-13-14-36-24/h9-12,15,29,33H,13-14H2,1-8H3,(H,34,35)/t29-/m0/s1. The Kier molecular flexibility index (Phi) is 7.08. The first-order valence-corrected chi connectivity index (χ1v) is 12.6. The fourth-order valence-electron chi connectivity index (χ4n) is 5.31. The highest BCUT2D eigenvalue weighted by molar-refractivity contribution is 5.91. The third-order valence-electron chi connectivity index (χ3n) is 7.12. The van der Waals surface area contributed by atoms with E-state index >= 15 is 0 Å². The zero-order chi connectivity index (χ0) is 27.2. The van der Waals surface area contributed by atoms with Crippen molar-refractivity contribution in [3.05, 3.63) is 69.5 Å². The fourth-order valence-corrected chi connectivity index (χ4v) is 5.31. The number of aliphatic carboxylic acids is 1. The molecular weight excluding hydrogens is 469 g/mol. The quantitative estimate of drug-likeness (QED) is 0.377. The van der Waals surface area contributed by atoms with Crippen molar-refractivity contribution < 1.29 is 23.8 Å². The number of carboxylic acid groups (broad SMARTS) is 1. The zero-order valence-electron chi connectivity index (χ0n) is 22.9. The van der Waals surface area contributed by atoms with E-state index in [0.717, 1.165) is 55.9 Å². The van der Waals surface area contributed by atoms with Crippen LogP contribution in [0.5, 0.6) is 5.75 Å². The molecule has 1 atom stereocenters. The van der Waals surface area contributed by atoms with E-state index in [4.69, 9.17) is 9.47 Å². The molecule has 1 aliphatic heterocycles. The molecule has 0 unspecified atom stereocenters. The van der Waals surface area contributed by atoms with Gasteiger partial charge in [-0.2, -0.15) is 0 Å². The van der Waals surface area contributed by atoms with Gasteiger partial charge in [-0.05, 0) is 124 Å². The topological polar surface area (TPSA) is 67.8 Å². The van der Waals surface area contributed by atoms with Crippen LogP contribution in [0.2, 0.25) is 0 Å². The summed E-state index contributed by atoms with van der Waals surface area (Å²) in [5.41, 5.74) is 8.73. The van der Waals surface area contributed by atoms with Gasteiger partial charge >= 0.3 is 5.97 Å². The van der Waals surface area contributed by atoms with Crippen molar-refractivity contribution >= 4 is 11.7 Å². The van der Waals surface area contributed by atoms with E-state index in [0.29, 0.717) is 24.3 Å². The first-order valence-electron chi connectivity index (χ1n) is 12.6. The molecule has 6 heteroatoms. The van der Waals surface area contributed by atoms with Crippen molar-refractivity contribution in [3.8, 4) is 28.0 Å². The lowest BCUT2D eigenvalue weighted by Gasteiger charge is -2.31. The molecule has 0 spiro atoms. The molecule has 0 aromatic heterocycles. The van der Waals surface area contributed by atoms with E-state index in [9.17, 15) is 14.3 Å². The van der Waals surface area contributed by atoms with E-state index < -0.39 is 17.7 Å². The van der Waals surface area contributed by atoms with E-state index in [1.807, 2.05) is 66.7 Å². The highest BCUT2D eigenvalue weighted by atomic mass is 19.1. The lowest BCUT2D eigenvalue weighted by molar-refractivity contribution is -0.160. The maximum atomic E-state index is 14.2. The van der Waals surface area contributed by atoms with E-state index in [1.54, 1.807) is 13.0 Å². The molecule has 196 valence electrons. The first-order chi connectivity index (χ1) is 17.3. The Labute approximate surface area is 218 Å². The second-order valence-electron chi connectivity index (χ2n) is 10.8. The molecule has 3 aromatic rings. The molecule has 0 fully saturated rings. The van der Waals surface area contributed by atoms with Gasteiger partial charge in [-0.1, -0.05) is 12.1 Å². The van der Waals surface area contributed by atoms with Crippen molar-refractivity contribution in [2.75, 3.05) is 18.5 Å². The van der Waals surface area contributed by atoms with Crippen LogP contribution in [0, 0.1) is 40.4 Å². The van der Waals surface area contributed by atoms with Crippen LogP contribution >= 0.6 is 0 Å². The van der Waals surface area contributed by atoms with Gasteiger partial charge in [0.1, 0.15) is 18.2 Å². The highest BCUT2D eigenvalue weighted by Crippen LogP contribution is 2.47. The summed E-state index contributed by atoms with van der Waals surface area (Å²) in [6.07, 6.45) is -1.17. The van der Waals surface area contributed by atoms with Gasteiger partial charge in [-0.3, -0.25) is 0 Å². The molecule has 1 heterocycles. The maximum Gasteiger partial charge on any atom is 0.337 e. The average molecular weight is 506 g/mol. The van der Waals surface area contributed by atoms with Crippen LogP contribution in [0.25, 0.3) is 22.3 Å². The number of aryl methyl sites for hydroxylation is 1. The summed E-state index contributed by atoms with van der Waals surface area (Å²) in [6.45, 7) is 16.6. The van der Waals surface area contributed by atoms with Crippen LogP contribution in [0.1, 0.15) is 60.3 Å². The number of carboxylic acids is 1. The number of anilines is 1. The molecule has 1 aliphatic rings. The molecule has 0 saturated heterocycles. The molecule has 0 aliphatic carbocycles. The normalized spacial score (nSPS) is 14.0. The van der Waals surface area contributed by atoms with Crippen LogP contribution < -0.4 is 10.1 Å². The molecule has 0 radical (unpaired) electrons. The third kappa shape index (κ3) is 4.95. The molecule has 3 aromatic carbocycles. The number of hydrogen-bond acceptors (Lipinski definition) is 4. The minimum Gasteiger partial charge on any atom is -0.490 e. The Bertz CT molecular complexity index is 1390. The summed E-state index contributed by atoms with van der Waals surface area (Å²) in [5.74, 6) is -0.514. The van der Waals surface area contributed by atoms with Crippen molar-refractivity contribution in [3.63, 3.8) is 0 Å². The van der Waals surface area contributed by atoms with Gasteiger partial charge in [0, 0.05) is 12.1 Å². The summed E-state index contributed by atoms with van der Waals surface area (Å²) in [6, 6.07) is 9.06. The predicted octanol–water partition coefficient (Wildman–Crippen LogP) is 7.45. The third-order valence-corrected chi connectivity index (χ3v) is 7.12. The van der Waals surface area contributed by atoms with Crippen molar-refractivity contribution in [1.82, 2.24) is 0 Å². The largest absolute Gasteiger partial charge is 0.490 e. The Hall–Kier alpha value is -3.38. The second kappa shape index (κ2) is 9.82. The predicted molar refractivity (Wildman–Crippen MR) is 146 cm³/mol. The molecule has 0 saturated carbocycles. The van der Waals surface area contributed by atoms with Gasteiger partial charge in [0.25, 0.3) is 0 Å². The summed E-state index contributed by atoms with van der Waals surface area (Å²) in [5, 5.41) is 13.8. The van der Waals surface area contributed by atoms with Crippen LogP contribution in [-0.4, -0.2) is 29.8 Å². The van der Waals surface area contributed by atoms with E-state index in [2.05, 4.69) is 5.32 Å². The monoisotopic (exact) mass is 505 g/mol. The van der Waals surface area contributed by atoms with Gasteiger partial charge in [-0.25, -0.2) is 9.18 Å². The minimum atomic E-state index is -1.17. The lowest BCUT2D eigenvalue weighted by Crippen LogP contribution is -2.28. The number of benzene rings is 3. The maximum absolute atomic E-state index is 14.2. The number of fused-ring (bicyclic) bond motifs is 1. The summed E-state index contributed by atoms with van der Waals surface area (Å²) >= 11 is 0. The number of nitrogens with one attached hydrogen (secondary N) is 1. The van der Waals surface area contributed by atoms with Gasteiger partial charge in [-0.15, -0.1) is 0 Å². The summed E-state index contributed by atoms with van der Waals surface area (Å²) in [7, 11) is 0. The minimum absolute atomic E-state index is 0.256. The van der Waals surface area contributed by atoms with Crippen LogP contribution in [0.15, 0.2) is 30.3 Å². The zero-order valence-corrected chi connectivity index (χ0v) is 22.9. The highest BCUT2D eigenvalue weighted by Gasteiger charge is 2.34. The molecule has 4 rings (SSSR count). The number of hydrogen-bond donors (Lipinski definition) is 2. The average Bonchev–Trinajstić information content (AvgIpc) is 2.82. The first kappa shape index (κ1) is 26.7. The van der Waals surface area contributed by atoms with Crippen LogP contribution in [-0.2, 0) is 9.53 Å². The fraction of sp³-hybridized carbons (Fsp3) is 0.387. The Morgan fingerprint density at radius 2 is 1.70 bits per heavy atom. The Morgan fingerprint density at radius 1 is 1.00 bits per heavy atom. The number of ether oxygens (including phenoxy) is 2. The number of carbonyl (C=O) groups is 1. The van der Waals surface area contributed by atoms with E-state index in [1.165, 1.54) is 6.07 Å². The van der Waals surface area contributed by atoms with Gasteiger partial charge < -0.3 is 19.9 Å². The molecule has 5 nitrogen and oxygen atoms in total. The molecule has 0 bridgehead atoms. The SMILES string of the molecule is Cc1cc(-c2c(C)c(C)c([C@H](OC(C)(C)C)C(=O)O)c(-c3ccc4c(c3C)NCCO4)c2C)ccc1F. The van der Waals surface area contributed by atoms with Crippen molar-refractivity contribution in [2.24, 2.45) is 0 Å². The molecule has 37 heavy (non-hydrogen) atoms. The van der Waals surface area contributed by atoms with E-state index in [-0.39, 0.29) is 5.82 Å². The number of rotatable bonds is 5. The van der Waals surface area contributed by atoms with Gasteiger partial charge in [0.05, 0.1) is 11.3 Å². The van der Waals surface area contributed by atoms with Crippen molar-refractivity contribution in [2.45, 2.75) is 67.1 Å². The van der Waals surface area contributed by atoms with Crippen LogP contribution in [0.3, 0.4) is 0 Å². The molecular formula is C31H36FNO4. The van der Waals surface area contributed by atoms with Gasteiger partial charge in [0.2, 0.25) is 0 Å². The molecule has 2 N–H and O–H groups in total. The van der Waals surface area contributed by atoms with Crippen LogP contribution in [0.4, 0.5) is 10.1 Å². The Balaban J connectivity index is 2.12. The molecule has 0 amide bonds. The number of halogens is 1. The van der Waals surface area contributed by atoms with Gasteiger partial charge in [0.15, 0.2) is 6.10 Å². The second-order valence-corrected chi connectivity index (χ2v) is 10.8. The smallest absolute Gasteiger partial charge is 0.337 e. The summed E-state index contributed by atoms with van der Waals surface area (Å²) in [4.78, 5) is 12.7. The lowest BCUT2D eigenvalue weighted by atomic mass is 9.79. The van der Waals surface area contributed by atoms with Crippen molar-refractivity contribution in [1.29, 1.82) is 0 Å². The summed E-state index contributed by atoms with van der Waals surface area (Å²) < 4.78 is 26.2. The Morgan fingerprint density at radius 3 is 2.32 bits per heavy atom.